The van der Waals surface area contributed by atoms with Crippen molar-refractivity contribution in [1.82, 2.24) is 10.2 Å². The molecule has 1 saturated heterocycles. The Balaban J connectivity index is 2.77. The average molecular weight is 254 g/mol. The molecule has 108 valence electrons. The summed E-state index contributed by atoms with van der Waals surface area (Å²) in [6.45, 7) is 16.6. The molecule has 1 aliphatic rings. The Morgan fingerprint density at radius 1 is 1.22 bits per heavy atom. The molecular weight excluding hydrogens is 220 g/mol. The maximum Gasteiger partial charge on any atom is 0.0249 e. The standard InChI is InChI=1S/C16H34N2/c1-7-9-14-12-18(16(5,6)10-8-2)15(11-17-14)13(3)4/h13-15,17H,7-12H2,1-6H3. The number of rotatable bonds is 6. The van der Waals surface area contributed by atoms with E-state index in [2.05, 4.69) is 51.8 Å². The molecule has 2 unspecified atom stereocenters. The lowest BCUT2D eigenvalue weighted by Gasteiger charge is -2.50. The van der Waals surface area contributed by atoms with E-state index in [0.29, 0.717) is 17.6 Å². The minimum absolute atomic E-state index is 0.345. The van der Waals surface area contributed by atoms with Crippen molar-refractivity contribution in [1.29, 1.82) is 0 Å². The molecule has 0 spiro atoms. The van der Waals surface area contributed by atoms with E-state index in [-0.39, 0.29) is 0 Å². The first-order valence-corrected chi connectivity index (χ1v) is 7.92. The molecule has 2 atom stereocenters. The quantitative estimate of drug-likeness (QED) is 0.778. The first-order valence-electron chi connectivity index (χ1n) is 7.92. The first-order chi connectivity index (χ1) is 8.42. The van der Waals surface area contributed by atoms with E-state index in [4.69, 9.17) is 0 Å². The Morgan fingerprint density at radius 2 is 1.89 bits per heavy atom. The maximum absolute atomic E-state index is 3.75. The van der Waals surface area contributed by atoms with E-state index in [1.807, 2.05) is 0 Å². The van der Waals surface area contributed by atoms with Gasteiger partial charge in [-0.25, -0.2) is 0 Å². The van der Waals surface area contributed by atoms with Crippen LogP contribution in [0.15, 0.2) is 0 Å². The third-order valence-electron chi connectivity index (χ3n) is 4.48. The SMILES string of the molecule is CCCC1CN(C(C)(C)CCC)C(C(C)C)CN1. The highest BCUT2D eigenvalue weighted by molar-refractivity contribution is 4.95. The van der Waals surface area contributed by atoms with Crippen LogP contribution in [0.1, 0.15) is 67.2 Å². The number of hydrogen-bond acceptors (Lipinski definition) is 2. The van der Waals surface area contributed by atoms with Gasteiger partial charge in [-0.1, -0.05) is 40.5 Å². The maximum atomic E-state index is 3.75. The summed E-state index contributed by atoms with van der Waals surface area (Å²) in [6.07, 6.45) is 5.17. The topological polar surface area (TPSA) is 15.3 Å². The molecule has 0 aromatic heterocycles. The lowest BCUT2D eigenvalue weighted by molar-refractivity contribution is 0.00373. The molecule has 1 rings (SSSR count). The second kappa shape index (κ2) is 6.91. The minimum atomic E-state index is 0.345. The highest BCUT2D eigenvalue weighted by Gasteiger charge is 2.37. The van der Waals surface area contributed by atoms with Crippen LogP contribution < -0.4 is 5.32 Å². The van der Waals surface area contributed by atoms with Crippen molar-refractivity contribution in [2.24, 2.45) is 5.92 Å². The zero-order valence-electron chi connectivity index (χ0n) is 13.4. The third-order valence-corrected chi connectivity index (χ3v) is 4.48. The van der Waals surface area contributed by atoms with Crippen molar-refractivity contribution >= 4 is 0 Å². The van der Waals surface area contributed by atoms with E-state index in [1.54, 1.807) is 0 Å². The van der Waals surface area contributed by atoms with E-state index >= 15 is 0 Å². The van der Waals surface area contributed by atoms with Crippen molar-refractivity contribution in [3.63, 3.8) is 0 Å². The zero-order valence-corrected chi connectivity index (χ0v) is 13.4. The Hall–Kier alpha value is -0.0800. The number of nitrogens with zero attached hydrogens (tertiary/aromatic N) is 1. The molecule has 2 nitrogen and oxygen atoms in total. The lowest BCUT2D eigenvalue weighted by Crippen LogP contribution is -2.64. The van der Waals surface area contributed by atoms with Crippen LogP contribution in [0, 0.1) is 5.92 Å². The van der Waals surface area contributed by atoms with Crippen LogP contribution in [-0.4, -0.2) is 35.6 Å². The zero-order chi connectivity index (χ0) is 13.8. The van der Waals surface area contributed by atoms with Gasteiger partial charge in [0.1, 0.15) is 0 Å². The van der Waals surface area contributed by atoms with Crippen LogP contribution in [-0.2, 0) is 0 Å². The molecular formula is C16H34N2. The summed E-state index contributed by atoms with van der Waals surface area (Å²) in [5.41, 5.74) is 0.345. The van der Waals surface area contributed by atoms with E-state index in [0.717, 1.165) is 12.5 Å². The van der Waals surface area contributed by atoms with E-state index in [1.165, 1.54) is 32.2 Å². The fourth-order valence-electron chi connectivity index (χ4n) is 3.42. The highest BCUT2D eigenvalue weighted by atomic mass is 15.3. The van der Waals surface area contributed by atoms with Gasteiger partial charge in [0.05, 0.1) is 0 Å². The monoisotopic (exact) mass is 254 g/mol. The average Bonchev–Trinajstić information content (AvgIpc) is 2.29. The van der Waals surface area contributed by atoms with Gasteiger partial charge in [0.2, 0.25) is 0 Å². The van der Waals surface area contributed by atoms with Gasteiger partial charge < -0.3 is 5.32 Å². The van der Waals surface area contributed by atoms with Gasteiger partial charge in [-0.3, -0.25) is 4.90 Å². The van der Waals surface area contributed by atoms with Gasteiger partial charge in [0.25, 0.3) is 0 Å². The van der Waals surface area contributed by atoms with Crippen LogP contribution in [0.25, 0.3) is 0 Å². The van der Waals surface area contributed by atoms with Crippen LogP contribution >= 0.6 is 0 Å². The highest BCUT2D eigenvalue weighted by Crippen LogP contribution is 2.29. The Kier molecular flexibility index (Phi) is 6.13. The molecule has 0 radical (unpaired) electrons. The molecule has 0 saturated carbocycles. The smallest absolute Gasteiger partial charge is 0.0249 e. The summed E-state index contributed by atoms with van der Waals surface area (Å²) in [5.74, 6) is 0.733. The van der Waals surface area contributed by atoms with Crippen molar-refractivity contribution in [2.75, 3.05) is 13.1 Å². The number of hydrogen-bond donors (Lipinski definition) is 1. The van der Waals surface area contributed by atoms with E-state index in [9.17, 15) is 0 Å². The molecule has 1 aliphatic heterocycles. The predicted octanol–water partition coefficient (Wildman–Crippen LogP) is 3.66. The summed E-state index contributed by atoms with van der Waals surface area (Å²) in [6, 6.07) is 1.39. The van der Waals surface area contributed by atoms with Crippen LogP contribution in [0.2, 0.25) is 0 Å². The van der Waals surface area contributed by atoms with E-state index < -0.39 is 0 Å². The minimum Gasteiger partial charge on any atom is -0.311 e. The van der Waals surface area contributed by atoms with Gasteiger partial charge in [-0.05, 0) is 32.6 Å². The predicted molar refractivity (Wildman–Crippen MR) is 81.0 cm³/mol. The second-order valence-electron chi connectivity index (χ2n) is 6.92. The van der Waals surface area contributed by atoms with Crippen molar-refractivity contribution in [2.45, 2.75) is 84.8 Å². The number of piperazine rings is 1. The molecule has 1 fully saturated rings. The molecule has 0 aliphatic carbocycles. The van der Waals surface area contributed by atoms with Gasteiger partial charge in [-0.2, -0.15) is 0 Å². The third kappa shape index (κ3) is 3.96. The van der Waals surface area contributed by atoms with Gasteiger partial charge in [-0.15, -0.1) is 0 Å². The largest absolute Gasteiger partial charge is 0.311 e. The summed E-state index contributed by atoms with van der Waals surface area (Å²) in [5, 5.41) is 3.75. The Bertz CT molecular complexity index is 235. The van der Waals surface area contributed by atoms with Gasteiger partial charge in [0.15, 0.2) is 0 Å². The van der Waals surface area contributed by atoms with Crippen molar-refractivity contribution in [3.8, 4) is 0 Å². The fourth-order valence-corrected chi connectivity index (χ4v) is 3.42. The molecule has 2 heteroatoms. The molecule has 18 heavy (non-hydrogen) atoms. The second-order valence-corrected chi connectivity index (χ2v) is 6.92. The van der Waals surface area contributed by atoms with Crippen LogP contribution in [0.4, 0.5) is 0 Å². The fraction of sp³-hybridized carbons (Fsp3) is 1.00. The summed E-state index contributed by atoms with van der Waals surface area (Å²) in [4.78, 5) is 2.79. The molecule has 0 bridgehead atoms. The lowest BCUT2D eigenvalue weighted by atomic mass is 9.88. The normalized spacial score (nSPS) is 26.8. The summed E-state index contributed by atoms with van der Waals surface area (Å²) >= 11 is 0. The Morgan fingerprint density at radius 3 is 2.39 bits per heavy atom. The van der Waals surface area contributed by atoms with Gasteiger partial charge in [0, 0.05) is 30.7 Å². The van der Waals surface area contributed by atoms with Gasteiger partial charge >= 0.3 is 0 Å². The van der Waals surface area contributed by atoms with Crippen molar-refractivity contribution in [3.05, 3.63) is 0 Å². The summed E-state index contributed by atoms with van der Waals surface area (Å²) < 4.78 is 0. The molecule has 0 amide bonds. The molecule has 1 N–H and O–H groups in total. The molecule has 1 heterocycles. The van der Waals surface area contributed by atoms with Crippen molar-refractivity contribution < 1.29 is 0 Å². The van der Waals surface area contributed by atoms with Crippen LogP contribution in [0.5, 0.6) is 0 Å². The van der Waals surface area contributed by atoms with Crippen LogP contribution in [0.3, 0.4) is 0 Å². The number of nitrogens with one attached hydrogen (secondary N) is 1. The first kappa shape index (κ1) is 16.0. The molecule has 0 aromatic carbocycles. The summed E-state index contributed by atoms with van der Waals surface area (Å²) in [7, 11) is 0. The molecule has 0 aromatic rings. The Labute approximate surface area is 115 Å².